The van der Waals surface area contributed by atoms with Gasteiger partial charge in [0.1, 0.15) is 0 Å². The smallest absolute Gasteiger partial charge is 0.197 e. The van der Waals surface area contributed by atoms with Crippen molar-refractivity contribution in [3.05, 3.63) is 0 Å². The second kappa shape index (κ2) is 5.26. The molecule has 0 aliphatic carbocycles. The molecule has 0 radical (unpaired) electrons. The van der Waals surface area contributed by atoms with E-state index in [4.69, 9.17) is 10.6 Å². The predicted octanol–water partition coefficient (Wildman–Crippen LogP) is 4.01. The molecule has 0 spiro atoms. The lowest BCUT2D eigenvalue weighted by molar-refractivity contribution is -0.0660. The Morgan fingerprint density at radius 2 is 1.83 bits per heavy atom. The Labute approximate surface area is 113 Å². The lowest BCUT2D eigenvalue weighted by Gasteiger charge is -2.38. The molecule has 4 atom stereocenters. The fourth-order valence-corrected chi connectivity index (χ4v) is 3.17. The Morgan fingerprint density at radius 1 is 1.33 bits per heavy atom. The molecule has 0 aromatic rings. The molecule has 3 nitrogen and oxygen atoms in total. The Bertz CT molecular complexity index is 369. The average molecular weight is 278 g/mol. The van der Waals surface area contributed by atoms with Gasteiger partial charge in [-0.3, -0.25) is 4.57 Å². The molecule has 1 fully saturated rings. The molecule has 0 aromatic heterocycles. The van der Waals surface area contributed by atoms with Gasteiger partial charge in [0.15, 0.2) is 7.37 Å². The lowest BCUT2D eigenvalue weighted by atomic mass is 9.73. The fraction of sp³-hybridized carbons (Fsp3) is 1.00. The normalized spacial score (nSPS) is 35.7. The van der Waals surface area contributed by atoms with E-state index in [0.29, 0.717) is 0 Å². The summed E-state index contributed by atoms with van der Waals surface area (Å²) in [5.74, 6) is -0.478. The molecule has 0 saturated carbocycles. The maximum Gasteiger partial charge on any atom is 0.197 e. The van der Waals surface area contributed by atoms with E-state index in [9.17, 15) is 4.57 Å². The van der Waals surface area contributed by atoms with Crippen molar-refractivity contribution in [2.24, 2.45) is 17.2 Å². The van der Waals surface area contributed by atoms with Crippen LogP contribution in [-0.4, -0.2) is 31.6 Å². The molecule has 0 bridgehead atoms. The van der Waals surface area contributed by atoms with E-state index in [2.05, 4.69) is 6.92 Å². The summed E-state index contributed by atoms with van der Waals surface area (Å²) in [7, 11) is -2.58. The van der Waals surface area contributed by atoms with Crippen LogP contribution in [-0.2, 0) is 13.8 Å². The van der Waals surface area contributed by atoms with Crippen molar-refractivity contribution < 1.29 is 15.2 Å². The Balaban J connectivity index is 3.08. The first-order valence-corrected chi connectivity index (χ1v) is 9.18. The summed E-state index contributed by atoms with van der Waals surface area (Å²) < 4.78 is 32.2. The van der Waals surface area contributed by atoms with Crippen LogP contribution in [0.4, 0.5) is 0 Å². The van der Waals surface area contributed by atoms with Crippen LogP contribution in [0.2, 0.25) is 0 Å². The van der Waals surface area contributed by atoms with Gasteiger partial charge in [-0.05, 0) is 18.2 Å². The minimum absolute atomic E-state index is 0.0585. The SMILES string of the molecule is [3H]C(C)(C)C(C)(C)[C@H]1O[C@@H](C)[C@H](C)[C@@H]1OP(C)(C)=O. The first-order chi connectivity index (χ1) is 8.27. The van der Waals surface area contributed by atoms with Crippen LogP contribution in [0.3, 0.4) is 0 Å². The molecule has 0 unspecified atom stereocenters. The number of hydrogen-bond donors (Lipinski definition) is 0. The van der Waals surface area contributed by atoms with Crippen molar-refractivity contribution >= 4 is 7.37 Å². The van der Waals surface area contributed by atoms with Gasteiger partial charge in [-0.1, -0.05) is 34.6 Å². The van der Waals surface area contributed by atoms with Gasteiger partial charge >= 0.3 is 0 Å². The monoisotopic (exact) mass is 278 g/mol. The van der Waals surface area contributed by atoms with Crippen LogP contribution in [0.15, 0.2) is 0 Å². The van der Waals surface area contributed by atoms with Crippen molar-refractivity contribution in [2.75, 3.05) is 13.3 Å². The highest BCUT2D eigenvalue weighted by molar-refractivity contribution is 7.57. The first kappa shape index (κ1) is 14.6. The first-order valence-electron chi connectivity index (χ1n) is 7.16. The van der Waals surface area contributed by atoms with Crippen LogP contribution in [0.25, 0.3) is 0 Å². The van der Waals surface area contributed by atoms with Gasteiger partial charge in [-0.25, -0.2) is 0 Å². The van der Waals surface area contributed by atoms with E-state index in [-0.39, 0.29) is 29.6 Å². The third kappa shape index (κ3) is 3.37. The van der Waals surface area contributed by atoms with Crippen molar-refractivity contribution in [1.29, 1.82) is 0 Å². The second-order valence-electron chi connectivity index (χ2n) is 6.66. The largest absolute Gasteiger partial charge is 0.372 e. The second-order valence-corrected chi connectivity index (χ2v) is 9.38. The minimum atomic E-state index is -2.58. The number of hydrogen-bond acceptors (Lipinski definition) is 3. The molecule has 4 heteroatoms. The minimum Gasteiger partial charge on any atom is -0.372 e. The molecule has 1 aliphatic rings. The number of rotatable bonds is 4. The van der Waals surface area contributed by atoms with Crippen molar-refractivity contribution in [2.45, 2.75) is 59.9 Å². The van der Waals surface area contributed by atoms with Crippen LogP contribution in [0.1, 0.15) is 42.9 Å². The van der Waals surface area contributed by atoms with Crippen molar-refractivity contribution in [3.8, 4) is 0 Å². The van der Waals surface area contributed by atoms with E-state index >= 15 is 0 Å². The molecular formula is C14H29O3P. The van der Waals surface area contributed by atoms with E-state index in [1.807, 2.05) is 34.6 Å². The fourth-order valence-electron chi connectivity index (χ4n) is 2.29. The topological polar surface area (TPSA) is 35.5 Å². The maximum atomic E-state index is 12.0. The molecule has 108 valence electrons. The highest BCUT2D eigenvalue weighted by Gasteiger charge is 2.50. The van der Waals surface area contributed by atoms with Gasteiger partial charge in [0, 0.05) is 20.6 Å². The molecule has 1 heterocycles. The predicted molar refractivity (Wildman–Crippen MR) is 76.4 cm³/mol. The molecule has 0 amide bonds. The van der Waals surface area contributed by atoms with Crippen molar-refractivity contribution in [3.63, 3.8) is 0 Å². The van der Waals surface area contributed by atoms with E-state index < -0.39 is 13.3 Å². The highest BCUT2D eigenvalue weighted by Crippen LogP contribution is 2.49. The lowest BCUT2D eigenvalue weighted by Crippen LogP contribution is -2.42. The summed E-state index contributed by atoms with van der Waals surface area (Å²) in [6.07, 6.45) is -0.364. The van der Waals surface area contributed by atoms with E-state index in [1.54, 1.807) is 13.3 Å². The van der Waals surface area contributed by atoms with Crippen LogP contribution in [0, 0.1) is 17.2 Å². The Morgan fingerprint density at radius 3 is 2.22 bits per heavy atom. The molecule has 0 aromatic carbocycles. The van der Waals surface area contributed by atoms with Crippen LogP contribution < -0.4 is 0 Å². The van der Waals surface area contributed by atoms with Gasteiger partial charge < -0.3 is 9.26 Å². The average Bonchev–Trinajstić information content (AvgIpc) is 2.42. The zero-order valence-electron chi connectivity index (χ0n) is 14.0. The van der Waals surface area contributed by atoms with E-state index in [0.717, 1.165) is 0 Å². The van der Waals surface area contributed by atoms with Crippen LogP contribution >= 0.6 is 7.37 Å². The van der Waals surface area contributed by atoms with E-state index in [1.165, 1.54) is 0 Å². The van der Waals surface area contributed by atoms with Gasteiger partial charge in [0.2, 0.25) is 0 Å². The highest BCUT2D eigenvalue weighted by atomic mass is 31.2. The third-order valence-corrected chi connectivity index (χ3v) is 5.04. The summed E-state index contributed by atoms with van der Waals surface area (Å²) >= 11 is 0. The van der Waals surface area contributed by atoms with Crippen LogP contribution in [0.5, 0.6) is 0 Å². The molecular weight excluding hydrogens is 247 g/mol. The van der Waals surface area contributed by atoms with Crippen molar-refractivity contribution in [1.82, 2.24) is 0 Å². The Kier molecular flexibility index (Phi) is 4.26. The zero-order chi connectivity index (χ0) is 15.2. The van der Waals surface area contributed by atoms with Gasteiger partial charge in [-0.2, -0.15) is 0 Å². The summed E-state index contributed by atoms with van der Waals surface area (Å²) in [5.41, 5.74) is -0.383. The third-order valence-electron chi connectivity index (χ3n) is 4.29. The summed E-state index contributed by atoms with van der Waals surface area (Å²) in [4.78, 5) is 0. The summed E-state index contributed by atoms with van der Waals surface area (Å²) in [5, 5.41) is 0. The maximum absolute atomic E-state index is 12.0. The molecule has 1 saturated heterocycles. The number of ether oxygens (including phenoxy) is 1. The summed E-state index contributed by atoms with van der Waals surface area (Å²) in [6, 6.07) is 0. The molecule has 18 heavy (non-hydrogen) atoms. The van der Waals surface area contributed by atoms with Gasteiger partial charge in [-0.15, -0.1) is 0 Å². The molecule has 1 rings (SSSR count). The Hall–Kier alpha value is 0.150. The molecule has 0 N–H and O–H groups in total. The molecule has 1 aliphatic heterocycles. The zero-order valence-corrected chi connectivity index (χ0v) is 13.9. The van der Waals surface area contributed by atoms with Gasteiger partial charge in [0.05, 0.1) is 18.3 Å². The summed E-state index contributed by atoms with van der Waals surface area (Å²) in [6.45, 7) is 15.2. The van der Waals surface area contributed by atoms with Gasteiger partial charge in [0.25, 0.3) is 0 Å². The standard InChI is InChI=1S/C14H29O3P/c1-9(2)14(5,6)13-12(17-18(7,8)15)10(3)11(4)16-13/h9-13H,1-8H3/t10-,11-,12-,13-/m0/s1/i9T. The quantitative estimate of drug-likeness (QED) is 0.729.